The van der Waals surface area contributed by atoms with Crippen LogP contribution in [-0.2, 0) is 0 Å². The normalized spacial score (nSPS) is 25.1. The largest absolute Gasteiger partial charge is 0.198 e. The highest BCUT2D eigenvalue weighted by molar-refractivity contribution is 9.10. The van der Waals surface area contributed by atoms with Crippen LogP contribution in [0.3, 0.4) is 0 Å². The smallest absolute Gasteiger partial charge is 0.0667 e. The first-order chi connectivity index (χ1) is 7.31. The van der Waals surface area contributed by atoms with Gasteiger partial charge in [0.2, 0.25) is 0 Å². The van der Waals surface area contributed by atoms with Crippen molar-refractivity contribution in [2.24, 2.45) is 5.92 Å². The van der Waals surface area contributed by atoms with E-state index in [-0.39, 0.29) is 5.92 Å². The van der Waals surface area contributed by atoms with Crippen molar-refractivity contribution >= 4 is 27.7 Å². The number of halogens is 1. The highest BCUT2D eigenvalue weighted by atomic mass is 79.9. The highest BCUT2D eigenvalue weighted by Gasteiger charge is 2.28. The highest BCUT2D eigenvalue weighted by Crippen LogP contribution is 2.40. The molecule has 1 nitrogen and oxygen atoms in total. The van der Waals surface area contributed by atoms with E-state index in [0.717, 1.165) is 10.9 Å². The topological polar surface area (TPSA) is 23.8 Å². The summed E-state index contributed by atoms with van der Waals surface area (Å²) in [5.74, 6) is 0.238. The lowest BCUT2D eigenvalue weighted by Gasteiger charge is -2.13. The maximum absolute atomic E-state index is 9.01. The summed E-state index contributed by atoms with van der Waals surface area (Å²) in [7, 11) is 0. The number of rotatable bonds is 2. The van der Waals surface area contributed by atoms with E-state index < -0.39 is 0 Å². The van der Waals surface area contributed by atoms with Crippen molar-refractivity contribution in [3.05, 3.63) is 28.7 Å². The summed E-state index contributed by atoms with van der Waals surface area (Å²) < 4.78 is 1.14. The van der Waals surface area contributed by atoms with E-state index in [2.05, 4.69) is 34.1 Å². The molecule has 0 N–H and O–H groups in total. The van der Waals surface area contributed by atoms with Crippen molar-refractivity contribution in [1.29, 1.82) is 5.26 Å². The molecule has 1 aliphatic carbocycles. The third-order valence-corrected chi connectivity index (χ3v) is 5.16. The predicted molar refractivity (Wildman–Crippen MR) is 66.7 cm³/mol. The van der Waals surface area contributed by atoms with Gasteiger partial charge in [-0.1, -0.05) is 18.6 Å². The third kappa shape index (κ3) is 2.56. The summed E-state index contributed by atoms with van der Waals surface area (Å²) in [5.41, 5.74) is 0. The summed E-state index contributed by atoms with van der Waals surface area (Å²) >= 11 is 5.38. The zero-order valence-corrected chi connectivity index (χ0v) is 10.7. The van der Waals surface area contributed by atoms with E-state index in [1.165, 1.54) is 17.7 Å². The van der Waals surface area contributed by atoms with Gasteiger partial charge < -0.3 is 0 Å². The Morgan fingerprint density at radius 1 is 1.33 bits per heavy atom. The van der Waals surface area contributed by atoms with E-state index in [9.17, 15) is 0 Å². The van der Waals surface area contributed by atoms with Gasteiger partial charge in [-0.15, -0.1) is 11.8 Å². The SMILES string of the molecule is N#CC1CCCC1Sc1ccccc1Br. The van der Waals surface area contributed by atoms with Crippen LogP contribution in [0, 0.1) is 17.2 Å². The fourth-order valence-corrected chi connectivity index (χ4v) is 3.79. The Hall–Kier alpha value is -0.460. The Labute approximate surface area is 103 Å². The van der Waals surface area contributed by atoms with Crippen LogP contribution in [0.4, 0.5) is 0 Å². The molecule has 3 heteroatoms. The molecule has 1 aromatic rings. The molecule has 1 aromatic carbocycles. The summed E-state index contributed by atoms with van der Waals surface area (Å²) in [6.45, 7) is 0. The van der Waals surface area contributed by atoms with E-state index in [4.69, 9.17) is 5.26 Å². The second-order valence-corrected chi connectivity index (χ2v) is 5.89. The fraction of sp³-hybridized carbons (Fsp3) is 0.417. The molecule has 2 atom stereocenters. The van der Waals surface area contributed by atoms with Gasteiger partial charge in [-0.05, 0) is 40.9 Å². The van der Waals surface area contributed by atoms with E-state index >= 15 is 0 Å². The second kappa shape index (κ2) is 5.05. The first-order valence-electron chi connectivity index (χ1n) is 5.12. The number of nitrogens with zero attached hydrogens (tertiary/aromatic N) is 1. The molecule has 2 unspecified atom stereocenters. The Morgan fingerprint density at radius 3 is 2.87 bits per heavy atom. The van der Waals surface area contributed by atoms with Gasteiger partial charge in [0.25, 0.3) is 0 Å². The molecule has 0 amide bonds. The zero-order chi connectivity index (χ0) is 10.7. The molecule has 0 bridgehead atoms. The van der Waals surface area contributed by atoms with Gasteiger partial charge in [0.05, 0.1) is 12.0 Å². The molecule has 0 heterocycles. The molecule has 15 heavy (non-hydrogen) atoms. The van der Waals surface area contributed by atoms with Crippen LogP contribution in [0.25, 0.3) is 0 Å². The Kier molecular flexibility index (Phi) is 3.71. The minimum absolute atomic E-state index is 0.238. The number of benzene rings is 1. The Bertz CT molecular complexity index is 385. The van der Waals surface area contributed by atoms with Crippen LogP contribution in [-0.4, -0.2) is 5.25 Å². The molecule has 0 aliphatic heterocycles. The molecule has 78 valence electrons. The molecule has 1 saturated carbocycles. The van der Waals surface area contributed by atoms with E-state index in [1.54, 1.807) is 0 Å². The Balaban J connectivity index is 2.09. The third-order valence-electron chi connectivity index (χ3n) is 2.73. The van der Waals surface area contributed by atoms with Gasteiger partial charge in [0.1, 0.15) is 0 Å². The minimum atomic E-state index is 0.238. The summed E-state index contributed by atoms with van der Waals surface area (Å²) in [6, 6.07) is 10.6. The van der Waals surface area contributed by atoms with Crippen molar-refractivity contribution in [3.63, 3.8) is 0 Å². The molecule has 1 aliphatic rings. The lowest BCUT2D eigenvalue weighted by Crippen LogP contribution is -2.07. The van der Waals surface area contributed by atoms with Gasteiger partial charge in [-0.25, -0.2) is 0 Å². The predicted octanol–water partition coefficient (Wildman–Crippen LogP) is 4.23. The molecule has 2 rings (SSSR count). The van der Waals surface area contributed by atoms with Crippen LogP contribution >= 0.6 is 27.7 Å². The summed E-state index contributed by atoms with van der Waals surface area (Å²) in [4.78, 5) is 1.25. The van der Waals surface area contributed by atoms with Crippen molar-refractivity contribution in [1.82, 2.24) is 0 Å². The molecule has 0 spiro atoms. The van der Waals surface area contributed by atoms with Crippen LogP contribution in [0.15, 0.2) is 33.6 Å². The number of hydrogen-bond acceptors (Lipinski definition) is 2. The molecular formula is C12H12BrNS. The van der Waals surface area contributed by atoms with Crippen molar-refractivity contribution in [2.75, 3.05) is 0 Å². The van der Waals surface area contributed by atoms with Gasteiger partial charge in [0, 0.05) is 14.6 Å². The van der Waals surface area contributed by atoms with Crippen LogP contribution < -0.4 is 0 Å². The maximum atomic E-state index is 9.01. The maximum Gasteiger partial charge on any atom is 0.0667 e. The van der Waals surface area contributed by atoms with Crippen LogP contribution in [0.2, 0.25) is 0 Å². The molecular weight excluding hydrogens is 270 g/mol. The molecule has 1 fully saturated rings. The van der Waals surface area contributed by atoms with Crippen molar-refractivity contribution in [3.8, 4) is 6.07 Å². The summed E-state index contributed by atoms with van der Waals surface area (Å²) in [6.07, 6.45) is 3.43. The lowest BCUT2D eigenvalue weighted by molar-refractivity contribution is 0.714. The first-order valence-corrected chi connectivity index (χ1v) is 6.79. The number of thioether (sulfide) groups is 1. The number of nitriles is 1. The molecule has 0 saturated heterocycles. The first kappa shape index (κ1) is 11.0. The quantitative estimate of drug-likeness (QED) is 0.810. The monoisotopic (exact) mass is 281 g/mol. The van der Waals surface area contributed by atoms with Gasteiger partial charge in [-0.2, -0.15) is 5.26 Å². The van der Waals surface area contributed by atoms with Crippen molar-refractivity contribution in [2.45, 2.75) is 29.4 Å². The zero-order valence-electron chi connectivity index (χ0n) is 8.32. The molecule has 0 radical (unpaired) electrons. The number of hydrogen-bond donors (Lipinski definition) is 0. The second-order valence-electron chi connectivity index (χ2n) is 3.75. The van der Waals surface area contributed by atoms with Gasteiger partial charge in [-0.3, -0.25) is 0 Å². The standard InChI is InChI=1S/C12H12BrNS/c13-10-5-1-2-6-12(10)15-11-7-3-4-9(11)8-14/h1-2,5-6,9,11H,3-4,7H2. The average Bonchev–Trinajstić information content (AvgIpc) is 2.69. The molecule has 0 aromatic heterocycles. The van der Waals surface area contributed by atoms with Gasteiger partial charge >= 0.3 is 0 Å². The average molecular weight is 282 g/mol. The minimum Gasteiger partial charge on any atom is -0.198 e. The van der Waals surface area contributed by atoms with Gasteiger partial charge in [0.15, 0.2) is 0 Å². The lowest BCUT2D eigenvalue weighted by atomic mass is 10.1. The van der Waals surface area contributed by atoms with E-state index in [1.807, 2.05) is 23.9 Å². The fourth-order valence-electron chi connectivity index (χ4n) is 1.92. The van der Waals surface area contributed by atoms with Crippen LogP contribution in [0.5, 0.6) is 0 Å². The summed E-state index contributed by atoms with van der Waals surface area (Å²) in [5, 5.41) is 9.49. The van der Waals surface area contributed by atoms with E-state index in [0.29, 0.717) is 5.25 Å². The van der Waals surface area contributed by atoms with Crippen LogP contribution in [0.1, 0.15) is 19.3 Å². The Morgan fingerprint density at radius 2 is 2.13 bits per heavy atom. The van der Waals surface area contributed by atoms with Crippen molar-refractivity contribution < 1.29 is 0 Å².